The van der Waals surface area contributed by atoms with E-state index < -0.39 is 0 Å². The van der Waals surface area contributed by atoms with Crippen LogP contribution in [0.15, 0.2) is 137 Å². The lowest BCUT2D eigenvalue weighted by atomic mass is 9.94. The normalized spacial score (nSPS) is 11.6. The maximum Gasteiger partial charge on any atom is 0.138 e. The number of nitrogens with zero attached hydrogens (tertiary/aromatic N) is 2. The topological polar surface area (TPSA) is 38.9 Å². The van der Waals surface area contributed by atoms with Crippen LogP contribution in [0.5, 0.6) is 0 Å². The monoisotopic (exact) mass is 576 g/mol. The molecule has 0 amide bonds. The molecule has 0 N–H and O–H groups in total. The van der Waals surface area contributed by atoms with Crippen LogP contribution in [0.3, 0.4) is 0 Å². The molecule has 0 fully saturated rings. The number of halogens is 1. The largest absolute Gasteiger partial charge is 0.456 e. The van der Waals surface area contributed by atoms with Gasteiger partial charge in [0.2, 0.25) is 0 Å². The van der Waals surface area contributed by atoms with E-state index in [0.29, 0.717) is 0 Å². The first-order valence-corrected chi connectivity index (χ1v) is 14.0. The summed E-state index contributed by atoms with van der Waals surface area (Å²) in [5.74, 6) is 0. The van der Waals surface area contributed by atoms with E-state index in [2.05, 4.69) is 124 Å². The van der Waals surface area contributed by atoms with Crippen molar-refractivity contribution in [3.8, 4) is 33.6 Å². The van der Waals surface area contributed by atoms with E-state index in [1.165, 1.54) is 27.1 Å². The van der Waals surface area contributed by atoms with Gasteiger partial charge in [0, 0.05) is 38.8 Å². The molecule has 0 aliphatic rings. The second kappa shape index (κ2) is 9.15. The van der Waals surface area contributed by atoms with E-state index in [4.69, 9.17) is 9.40 Å². The fraction of sp³-hybridized carbons (Fsp3) is 0. The summed E-state index contributed by atoms with van der Waals surface area (Å²) in [5.41, 5.74) is 7.96. The highest BCUT2D eigenvalue weighted by Gasteiger charge is 2.15. The van der Waals surface area contributed by atoms with Crippen molar-refractivity contribution >= 4 is 59.4 Å². The Balaban J connectivity index is 1.42. The molecule has 0 bridgehead atoms. The number of furan rings is 1. The molecule has 0 aliphatic carbocycles. The summed E-state index contributed by atoms with van der Waals surface area (Å²) < 4.78 is 7.16. The fourth-order valence-electron chi connectivity index (χ4n) is 5.71. The second-order valence-electron chi connectivity index (χ2n) is 9.98. The quantitative estimate of drug-likeness (QED) is 0.210. The van der Waals surface area contributed by atoms with Crippen molar-refractivity contribution in [1.82, 2.24) is 9.97 Å². The summed E-state index contributed by atoms with van der Waals surface area (Å²) in [6.07, 6.45) is 3.62. The maximum atomic E-state index is 6.07. The zero-order valence-corrected chi connectivity index (χ0v) is 22.9. The molecule has 188 valence electrons. The Labute approximate surface area is 238 Å². The van der Waals surface area contributed by atoms with Gasteiger partial charge in [0.1, 0.15) is 11.2 Å². The smallest absolute Gasteiger partial charge is 0.138 e. The van der Waals surface area contributed by atoms with Gasteiger partial charge in [-0.15, -0.1) is 0 Å². The van der Waals surface area contributed by atoms with Gasteiger partial charge in [0.25, 0.3) is 0 Å². The first-order valence-electron chi connectivity index (χ1n) is 13.2. The molecular formula is C36H21BrN2O. The molecule has 4 heteroatoms. The van der Waals surface area contributed by atoms with Crippen molar-refractivity contribution < 1.29 is 4.42 Å². The van der Waals surface area contributed by atoms with Gasteiger partial charge in [-0.25, -0.2) is 4.98 Å². The third-order valence-electron chi connectivity index (χ3n) is 7.64. The average molecular weight is 577 g/mol. The minimum atomic E-state index is 0.835. The van der Waals surface area contributed by atoms with E-state index in [0.717, 1.165) is 54.5 Å². The predicted molar refractivity (Wildman–Crippen MR) is 168 cm³/mol. The highest BCUT2D eigenvalue weighted by atomic mass is 79.9. The molecular weight excluding hydrogens is 556 g/mol. The summed E-state index contributed by atoms with van der Waals surface area (Å²) in [6.45, 7) is 0. The van der Waals surface area contributed by atoms with Crippen molar-refractivity contribution in [3.63, 3.8) is 0 Å². The number of aromatic nitrogens is 2. The van der Waals surface area contributed by atoms with Gasteiger partial charge < -0.3 is 4.42 Å². The third kappa shape index (κ3) is 3.72. The Kier molecular flexibility index (Phi) is 5.29. The molecule has 0 unspecified atom stereocenters. The molecule has 5 aromatic carbocycles. The Morgan fingerprint density at radius 2 is 1.30 bits per heavy atom. The number of fused-ring (bicyclic) bond motifs is 5. The van der Waals surface area contributed by atoms with Gasteiger partial charge in [0.15, 0.2) is 0 Å². The Morgan fingerprint density at radius 1 is 0.525 bits per heavy atom. The highest BCUT2D eigenvalue weighted by Crippen LogP contribution is 2.39. The van der Waals surface area contributed by atoms with Gasteiger partial charge in [-0.05, 0) is 75.1 Å². The lowest BCUT2D eigenvalue weighted by molar-refractivity contribution is 0.668. The molecule has 3 nitrogen and oxygen atoms in total. The van der Waals surface area contributed by atoms with E-state index in [9.17, 15) is 0 Å². The third-order valence-corrected chi connectivity index (χ3v) is 8.33. The van der Waals surface area contributed by atoms with Crippen LogP contribution in [-0.2, 0) is 0 Å². The zero-order valence-electron chi connectivity index (χ0n) is 21.3. The number of rotatable bonds is 3. The van der Waals surface area contributed by atoms with Crippen molar-refractivity contribution in [3.05, 3.63) is 132 Å². The second-order valence-corrected chi connectivity index (χ2v) is 10.8. The summed E-state index contributed by atoms with van der Waals surface area (Å²) in [5, 5.41) is 6.80. The van der Waals surface area contributed by atoms with Gasteiger partial charge >= 0.3 is 0 Å². The highest BCUT2D eigenvalue weighted by molar-refractivity contribution is 9.10. The van der Waals surface area contributed by atoms with E-state index in [1.807, 2.05) is 18.3 Å². The first kappa shape index (κ1) is 23.1. The molecule has 40 heavy (non-hydrogen) atoms. The van der Waals surface area contributed by atoms with Gasteiger partial charge in [-0.3, -0.25) is 4.98 Å². The van der Waals surface area contributed by atoms with E-state index in [1.54, 1.807) is 6.20 Å². The molecule has 0 atom stereocenters. The van der Waals surface area contributed by atoms with E-state index >= 15 is 0 Å². The van der Waals surface area contributed by atoms with Crippen LogP contribution < -0.4 is 0 Å². The Bertz CT molecular complexity index is 2240. The van der Waals surface area contributed by atoms with Crippen molar-refractivity contribution in [2.45, 2.75) is 0 Å². The first-order chi connectivity index (χ1) is 19.7. The summed E-state index contributed by atoms with van der Waals surface area (Å²) >= 11 is 3.75. The Hall–Kier alpha value is -4.80. The minimum absolute atomic E-state index is 0.835. The lowest BCUT2D eigenvalue weighted by Gasteiger charge is -2.14. The van der Waals surface area contributed by atoms with Crippen LogP contribution in [0.1, 0.15) is 0 Å². The molecule has 8 rings (SSSR count). The van der Waals surface area contributed by atoms with Crippen LogP contribution >= 0.6 is 15.9 Å². The molecule has 0 spiro atoms. The summed E-state index contributed by atoms with van der Waals surface area (Å²) in [7, 11) is 0. The number of pyridine rings is 2. The molecule has 0 aliphatic heterocycles. The van der Waals surface area contributed by atoms with Crippen LogP contribution in [0.4, 0.5) is 0 Å². The lowest BCUT2D eigenvalue weighted by Crippen LogP contribution is -1.93. The minimum Gasteiger partial charge on any atom is -0.456 e. The number of hydrogen-bond acceptors (Lipinski definition) is 3. The molecule has 0 saturated heterocycles. The van der Waals surface area contributed by atoms with Crippen LogP contribution in [-0.4, -0.2) is 9.97 Å². The summed E-state index contributed by atoms with van der Waals surface area (Å²) in [6, 6.07) is 40.4. The van der Waals surface area contributed by atoms with Crippen LogP contribution in [0, 0.1) is 0 Å². The molecule has 0 radical (unpaired) electrons. The average Bonchev–Trinajstić information content (AvgIpc) is 3.39. The Morgan fingerprint density at radius 3 is 2.23 bits per heavy atom. The standard InChI is InChI=1S/C36H21BrN2O/c37-32-14-13-26(27-9-3-4-10-28(27)32)24-19-33(23-12-15-35-30(18-23)31-21-38-17-16-36(31)40-35)39-34(20-24)29-11-5-7-22-6-1-2-8-25(22)29/h1-21H. The predicted octanol–water partition coefficient (Wildman–Crippen LogP) is 10.4. The molecule has 0 saturated carbocycles. The van der Waals surface area contributed by atoms with Crippen molar-refractivity contribution in [2.24, 2.45) is 0 Å². The van der Waals surface area contributed by atoms with Gasteiger partial charge in [0.05, 0.1) is 11.4 Å². The SMILES string of the molecule is Brc1ccc(-c2cc(-c3ccc4oc5ccncc5c4c3)nc(-c3cccc4ccccc34)c2)c2ccccc12. The molecule has 3 heterocycles. The number of hydrogen-bond donors (Lipinski definition) is 0. The van der Waals surface area contributed by atoms with E-state index in [-0.39, 0.29) is 0 Å². The van der Waals surface area contributed by atoms with Crippen LogP contribution in [0.2, 0.25) is 0 Å². The summed E-state index contributed by atoms with van der Waals surface area (Å²) in [4.78, 5) is 9.59. The fourth-order valence-corrected chi connectivity index (χ4v) is 6.19. The van der Waals surface area contributed by atoms with Gasteiger partial charge in [-0.1, -0.05) is 88.7 Å². The van der Waals surface area contributed by atoms with Crippen molar-refractivity contribution in [2.75, 3.05) is 0 Å². The zero-order chi connectivity index (χ0) is 26.6. The van der Waals surface area contributed by atoms with Crippen molar-refractivity contribution in [1.29, 1.82) is 0 Å². The van der Waals surface area contributed by atoms with Crippen LogP contribution in [0.25, 0.3) is 77.1 Å². The van der Waals surface area contributed by atoms with Gasteiger partial charge in [-0.2, -0.15) is 0 Å². The maximum absolute atomic E-state index is 6.07. The molecule has 3 aromatic heterocycles. The number of benzene rings is 5. The molecule has 8 aromatic rings.